The molecule has 0 radical (unpaired) electrons. The average Bonchev–Trinajstić information content (AvgIpc) is 3.39. The fourth-order valence-corrected chi connectivity index (χ4v) is 5.66. The van der Waals surface area contributed by atoms with Crippen LogP contribution < -0.4 is 21.1 Å². The number of carbonyl (C=O) groups excluding carboxylic acids is 3. The summed E-state index contributed by atoms with van der Waals surface area (Å²) in [5, 5.41) is 27.2. The second-order valence-electron chi connectivity index (χ2n) is 12.6. The number of aliphatic hydroxyl groups is 1. The lowest BCUT2D eigenvalue weighted by Crippen LogP contribution is -2.44. The molecule has 0 fully saturated rings. The van der Waals surface area contributed by atoms with Crippen molar-refractivity contribution >= 4 is 35.1 Å². The van der Waals surface area contributed by atoms with Crippen LogP contribution in [0.5, 0.6) is 5.75 Å². The third-order valence-corrected chi connectivity index (χ3v) is 8.13. The van der Waals surface area contributed by atoms with Gasteiger partial charge in [-0.15, -0.1) is 0 Å². The maximum Gasteiger partial charge on any atom is 0.412 e. The van der Waals surface area contributed by atoms with Crippen molar-refractivity contribution in [1.82, 2.24) is 20.3 Å². The first-order chi connectivity index (χ1) is 22.4. The van der Waals surface area contributed by atoms with Crippen LogP contribution in [0.1, 0.15) is 88.5 Å². The highest BCUT2D eigenvalue weighted by atomic mass is 16.6. The maximum absolute atomic E-state index is 13.6. The Morgan fingerprint density at radius 2 is 1.94 bits per heavy atom. The molecule has 3 aromatic rings. The molecule has 4 heterocycles. The predicted octanol–water partition coefficient (Wildman–Crippen LogP) is 3.77. The van der Waals surface area contributed by atoms with Gasteiger partial charge < -0.3 is 29.3 Å². The number of hydroxylamine groups is 1. The second kappa shape index (κ2) is 13.5. The van der Waals surface area contributed by atoms with Gasteiger partial charge in [0, 0.05) is 35.0 Å². The molecular formula is C33H39N5O9. The number of cyclic esters (lactones) is 1. The van der Waals surface area contributed by atoms with Gasteiger partial charge in [-0.2, -0.15) is 0 Å². The number of nitrogens with zero attached hydrogens (tertiary/aromatic N) is 3. The first kappa shape index (κ1) is 33.5. The summed E-state index contributed by atoms with van der Waals surface area (Å²) in [7, 11) is 0. The van der Waals surface area contributed by atoms with Gasteiger partial charge in [0.1, 0.15) is 18.0 Å². The number of carbonyl (C=O) groups is 3. The van der Waals surface area contributed by atoms with E-state index in [9.17, 15) is 24.3 Å². The molecule has 47 heavy (non-hydrogen) atoms. The van der Waals surface area contributed by atoms with Gasteiger partial charge in [0.05, 0.1) is 35.2 Å². The lowest BCUT2D eigenvalue weighted by Gasteiger charge is -2.31. The third-order valence-electron chi connectivity index (χ3n) is 8.13. The molecule has 0 unspecified atom stereocenters. The molecule has 4 N–H and O–H groups in total. The number of hydrogen-bond acceptors (Lipinski definition) is 11. The number of ether oxygens (including phenoxy) is 2. The zero-order chi connectivity index (χ0) is 33.9. The Bertz CT molecular complexity index is 1810. The predicted molar refractivity (Wildman–Crippen MR) is 170 cm³/mol. The summed E-state index contributed by atoms with van der Waals surface area (Å²) < 4.78 is 12.4. The molecule has 0 bridgehead atoms. The van der Waals surface area contributed by atoms with Crippen LogP contribution in [0, 0.1) is 0 Å². The van der Waals surface area contributed by atoms with Crippen LogP contribution in [-0.4, -0.2) is 56.2 Å². The molecule has 2 aliphatic rings. The SMILES string of the molecule is CC[C@@]1(O)C(=O)OCc2c1cc1n(c2=O)Cc2cc3c(/C=N\OC(C)(C)C)c(OC(=O)NCCCCCCC(=O)NO)ccc3nc2-1. The lowest BCUT2D eigenvalue weighted by molar-refractivity contribution is -0.172. The van der Waals surface area contributed by atoms with Crippen molar-refractivity contribution in [3.63, 3.8) is 0 Å². The zero-order valence-electron chi connectivity index (χ0n) is 26.8. The van der Waals surface area contributed by atoms with E-state index in [1.807, 2.05) is 26.8 Å². The van der Waals surface area contributed by atoms with Gasteiger partial charge in [0.2, 0.25) is 5.91 Å². The van der Waals surface area contributed by atoms with Crippen LogP contribution in [0.2, 0.25) is 0 Å². The van der Waals surface area contributed by atoms with Crippen molar-refractivity contribution in [2.24, 2.45) is 5.16 Å². The molecule has 1 atom stereocenters. The Morgan fingerprint density at radius 3 is 2.66 bits per heavy atom. The molecule has 2 aromatic heterocycles. The normalized spacial score (nSPS) is 16.8. The van der Waals surface area contributed by atoms with E-state index in [0.29, 0.717) is 52.8 Å². The summed E-state index contributed by atoms with van der Waals surface area (Å²) in [6.45, 7) is 7.54. The second-order valence-corrected chi connectivity index (χ2v) is 12.6. The van der Waals surface area contributed by atoms with E-state index in [-0.39, 0.29) is 48.4 Å². The van der Waals surface area contributed by atoms with Crippen molar-refractivity contribution < 1.29 is 39.0 Å². The first-order valence-corrected chi connectivity index (χ1v) is 15.6. The van der Waals surface area contributed by atoms with Crippen LogP contribution in [0.3, 0.4) is 0 Å². The first-order valence-electron chi connectivity index (χ1n) is 15.6. The van der Waals surface area contributed by atoms with Gasteiger partial charge in [-0.1, -0.05) is 24.9 Å². The summed E-state index contributed by atoms with van der Waals surface area (Å²) in [5.74, 6) is -0.992. The number of pyridine rings is 2. The Labute approximate surface area is 270 Å². The van der Waals surface area contributed by atoms with E-state index in [1.165, 1.54) is 6.21 Å². The van der Waals surface area contributed by atoms with E-state index in [0.717, 1.165) is 12.8 Å². The van der Waals surface area contributed by atoms with Crippen molar-refractivity contribution in [3.8, 4) is 17.1 Å². The minimum Gasteiger partial charge on any atom is -0.458 e. The molecular weight excluding hydrogens is 610 g/mol. The van der Waals surface area contributed by atoms with E-state index < -0.39 is 29.2 Å². The van der Waals surface area contributed by atoms with E-state index in [1.54, 1.807) is 35.2 Å². The number of nitrogens with one attached hydrogen (secondary N) is 2. The molecule has 0 aliphatic carbocycles. The average molecular weight is 650 g/mol. The van der Waals surface area contributed by atoms with Crippen LogP contribution in [-0.2, 0) is 37.9 Å². The van der Waals surface area contributed by atoms with Gasteiger partial charge in [-0.25, -0.2) is 20.1 Å². The van der Waals surface area contributed by atoms with Crippen LogP contribution in [0.15, 0.2) is 34.2 Å². The van der Waals surface area contributed by atoms with Crippen LogP contribution >= 0.6 is 0 Å². The number of hydrogen-bond donors (Lipinski definition) is 4. The summed E-state index contributed by atoms with van der Waals surface area (Å²) >= 11 is 0. The van der Waals surface area contributed by atoms with E-state index >= 15 is 0 Å². The number of esters is 1. The highest BCUT2D eigenvalue weighted by Gasteiger charge is 2.45. The highest BCUT2D eigenvalue weighted by Crippen LogP contribution is 2.39. The molecule has 2 amide bonds. The van der Waals surface area contributed by atoms with Crippen LogP contribution in [0.4, 0.5) is 4.79 Å². The zero-order valence-corrected chi connectivity index (χ0v) is 26.8. The Hall–Kier alpha value is -4.82. The fourth-order valence-electron chi connectivity index (χ4n) is 5.66. The Kier molecular flexibility index (Phi) is 9.63. The molecule has 5 rings (SSSR count). The maximum atomic E-state index is 13.6. The highest BCUT2D eigenvalue weighted by molar-refractivity contribution is 6.03. The van der Waals surface area contributed by atoms with Gasteiger partial charge in [0.15, 0.2) is 5.60 Å². The molecule has 2 aliphatic heterocycles. The van der Waals surface area contributed by atoms with Gasteiger partial charge in [0.25, 0.3) is 5.56 Å². The van der Waals surface area contributed by atoms with Gasteiger partial charge in [-0.3, -0.25) is 14.8 Å². The Balaban J connectivity index is 1.43. The number of rotatable bonds is 11. The minimum atomic E-state index is -1.93. The largest absolute Gasteiger partial charge is 0.458 e. The van der Waals surface area contributed by atoms with Crippen LogP contribution in [0.25, 0.3) is 22.3 Å². The number of oxime groups is 1. The smallest absolute Gasteiger partial charge is 0.412 e. The monoisotopic (exact) mass is 649 g/mol. The summed E-state index contributed by atoms with van der Waals surface area (Å²) in [5.41, 5.74) is 1.92. The van der Waals surface area contributed by atoms with Crippen molar-refractivity contribution in [2.75, 3.05) is 6.54 Å². The standard InChI is InChI=1S/C33H39N5O9/c1-5-33(43)23-15-25-28-19(17-38(25)29(40)22(23)18-45-30(33)41)14-20-21(16-35-47-32(2,3)4)26(12-11-24(20)36-28)46-31(42)34-13-9-7-6-8-10-27(39)37-44/h11-12,14-16,43-44H,5-10,13,17-18H2,1-4H3,(H,34,42)(H,37,39)/b35-16-/t33-/m0/s1. The number of aromatic nitrogens is 2. The number of fused-ring (bicyclic) bond motifs is 5. The third kappa shape index (κ3) is 6.98. The lowest BCUT2D eigenvalue weighted by atomic mass is 9.86. The van der Waals surface area contributed by atoms with Crippen molar-refractivity contribution in [2.45, 2.75) is 90.6 Å². The molecule has 14 nitrogen and oxygen atoms in total. The summed E-state index contributed by atoms with van der Waals surface area (Å²) in [4.78, 5) is 60.4. The quantitative estimate of drug-likeness (QED) is 0.0612. The number of amides is 2. The molecule has 14 heteroatoms. The molecule has 250 valence electrons. The summed E-state index contributed by atoms with van der Waals surface area (Å²) in [6.07, 6.45) is 3.94. The topological polar surface area (TPSA) is 191 Å². The number of benzene rings is 1. The Morgan fingerprint density at radius 1 is 1.17 bits per heavy atom. The minimum absolute atomic E-state index is 0.0426. The van der Waals surface area contributed by atoms with Crippen molar-refractivity contribution in [1.29, 1.82) is 0 Å². The molecule has 0 spiro atoms. The molecule has 0 saturated carbocycles. The number of unbranched alkanes of at least 4 members (excludes halogenated alkanes) is 3. The fraction of sp³-hybridized carbons (Fsp3) is 0.455. The van der Waals surface area contributed by atoms with E-state index in [4.69, 9.17) is 24.5 Å². The van der Waals surface area contributed by atoms with Gasteiger partial charge in [-0.05, 0) is 64.3 Å². The van der Waals surface area contributed by atoms with Gasteiger partial charge >= 0.3 is 12.1 Å². The van der Waals surface area contributed by atoms with E-state index in [2.05, 4.69) is 10.5 Å². The molecule has 1 aromatic carbocycles. The van der Waals surface area contributed by atoms with Crippen molar-refractivity contribution in [3.05, 3.63) is 56.9 Å². The molecule has 0 saturated heterocycles. The summed E-state index contributed by atoms with van der Waals surface area (Å²) in [6, 6.07) is 6.81.